The lowest BCUT2D eigenvalue weighted by molar-refractivity contribution is -0.172. The molecule has 2 heterocycles. The number of aryl methyl sites for hydroxylation is 1. The van der Waals surface area contributed by atoms with Gasteiger partial charge < -0.3 is 15.2 Å². The molecule has 1 aromatic heterocycles. The summed E-state index contributed by atoms with van der Waals surface area (Å²) in [5.41, 5.74) is 3.46. The van der Waals surface area contributed by atoms with E-state index >= 15 is 0 Å². The highest BCUT2D eigenvalue weighted by atomic mass is 19.4. The van der Waals surface area contributed by atoms with Crippen molar-refractivity contribution in [2.45, 2.75) is 39.4 Å². The molecule has 29 heavy (non-hydrogen) atoms. The van der Waals surface area contributed by atoms with E-state index in [1.165, 1.54) is 5.01 Å². The molecular weight excluding hydrogens is 393 g/mol. The van der Waals surface area contributed by atoms with Crippen molar-refractivity contribution >= 4 is 17.7 Å². The predicted octanol–water partition coefficient (Wildman–Crippen LogP) is 3.01. The van der Waals surface area contributed by atoms with Crippen molar-refractivity contribution in [3.8, 4) is 0 Å². The Morgan fingerprint density at radius 1 is 1.34 bits per heavy atom. The molecule has 0 saturated heterocycles. The van der Waals surface area contributed by atoms with E-state index in [1.54, 1.807) is 32.9 Å². The summed E-state index contributed by atoms with van der Waals surface area (Å²) < 4.78 is 42.6. The van der Waals surface area contributed by atoms with Crippen LogP contribution in [0.5, 0.6) is 0 Å². The third-order valence-corrected chi connectivity index (χ3v) is 3.92. The zero-order valence-corrected chi connectivity index (χ0v) is 16.0. The van der Waals surface area contributed by atoms with Gasteiger partial charge in [-0.25, -0.2) is 14.8 Å². The zero-order chi connectivity index (χ0) is 21.8. The summed E-state index contributed by atoms with van der Waals surface area (Å²) >= 11 is 0. The molecule has 1 atom stereocenters. The minimum atomic E-state index is -4.56. The van der Waals surface area contributed by atoms with E-state index in [0.29, 0.717) is 11.3 Å². The number of carboxylic acid groups (broad SMARTS) is 1. The highest BCUT2D eigenvalue weighted by molar-refractivity contribution is 5.89. The third kappa shape index (κ3) is 6.13. The summed E-state index contributed by atoms with van der Waals surface area (Å²) in [6, 6.07) is 2.58. The number of hydrogen-bond acceptors (Lipinski definition) is 6. The van der Waals surface area contributed by atoms with Crippen LogP contribution in [0, 0.1) is 6.92 Å². The molecule has 0 bridgehead atoms. The van der Waals surface area contributed by atoms with Gasteiger partial charge in [0, 0.05) is 18.2 Å². The molecule has 0 aliphatic carbocycles. The molecule has 3 N–H and O–H groups in total. The first kappa shape index (κ1) is 22.1. The summed E-state index contributed by atoms with van der Waals surface area (Å²) in [5.74, 6) is -1.45. The molecule has 0 aromatic carbocycles. The maximum atomic E-state index is 12.6. The largest absolute Gasteiger partial charge is 0.477 e. The van der Waals surface area contributed by atoms with Crippen LogP contribution < -0.4 is 10.7 Å². The van der Waals surface area contributed by atoms with E-state index in [4.69, 9.17) is 4.74 Å². The number of rotatable bonds is 7. The number of carboxylic acids is 1. The Kier molecular flexibility index (Phi) is 6.72. The maximum Gasteiger partial charge on any atom is 0.422 e. The van der Waals surface area contributed by atoms with Crippen molar-refractivity contribution in [1.82, 2.24) is 15.4 Å². The second-order valence-corrected chi connectivity index (χ2v) is 6.28. The van der Waals surface area contributed by atoms with Gasteiger partial charge in [-0.05, 0) is 37.6 Å². The number of amides is 1. The van der Waals surface area contributed by atoms with Gasteiger partial charge in [-0.1, -0.05) is 6.92 Å². The summed E-state index contributed by atoms with van der Waals surface area (Å²) in [7, 11) is 0. The van der Waals surface area contributed by atoms with Crippen molar-refractivity contribution < 1.29 is 32.6 Å². The molecule has 1 unspecified atom stereocenters. The molecule has 0 spiro atoms. The van der Waals surface area contributed by atoms with Gasteiger partial charge in [-0.15, -0.1) is 0 Å². The van der Waals surface area contributed by atoms with Crippen LogP contribution in [0.1, 0.15) is 37.6 Å². The average molecular weight is 414 g/mol. The number of ether oxygens (including phenoxy) is 1. The van der Waals surface area contributed by atoms with Crippen LogP contribution in [-0.2, 0) is 14.3 Å². The summed E-state index contributed by atoms with van der Waals surface area (Å²) in [6.07, 6.45) is -2.05. The number of alkyl halides is 3. The van der Waals surface area contributed by atoms with Crippen LogP contribution >= 0.6 is 0 Å². The summed E-state index contributed by atoms with van der Waals surface area (Å²) in [6.45, 7) is 3.48. The van der Waals surface area contributed by atoms with E-state index in [9.17, 15) is 27.9 Å². The third-order valence-electron chi connectivity index (χ3n) is 3.92. The Hall–Kier alpha value is -3.24. The fraction of sp³-hybridized carbons (Fsp3) is 0.389. The van der Waals surface area contributed by atoms with E-state index in [1.807, 2.05) is 0 Å². The number of hydrazine groups is 1. The number of aliphatic carboxylic acids is 1. The highest BCUT2D eigenvalue weighted by Gasteiger charge is 2.32. The summed E-state index contributed by atoms with van der Waals surface area (Å²) in [4.78, 5) is 27.1. The number of aromatic nitrogens is 1. The number of anilines is 1. The standard InChI is InChI=1S/C18H21F3N4O4/c1-4-15(26)23-14-8-12(7-10(2)22-14)11(3)25-16(29-9-18(19,20)21)6-5-13(24-25)17(27)28/h5-8,11,24H,4,9H2,1-3H3,(H,27,28)(H,22,23,26). The fourth-order valence-electron chi connectivity index (χ4n) is 2.52. The van der Waals surface area contributed by atoms with E-state index in [-0.39, 0.29) is 29.7 Å². The Bertz CT molecular complexity index is 852. The van der Waals surface area contributed by atoms with Gasteiger partial charge in [0.2, 0.25) is 11.8 Å². The van der Waals surface area contributed by atoms with Crippen molar-refractivity contribution in [3.05, 3.63) is 47.1 Å². The minimum Gasteiger partial charge on any atom is -0.477 e. The van der Waals surface area contributed by atoms with Gasteiger partial charge in [-0.3, -0.25) is 10.2 Å². The lowest BCUT2D eigenvalue weighted by atomic mass is 10.1. The normalized spacial score (nSPS) is 15.0. The number of hydrogen-bond donors (Lipinski definition) is 3. The van der Waals surface area contributed by atoms with Gasteiger partial charge in [0.15, 0.2) is 6.61 Å². The second-order valence-electron chi connectivity index (χ2n) is 6.28. The molecule has 2 rings (SSSR count). The number of carbonyl (C=O) groups is 2. The molecule has 0 radical (unpaired) electrons. The minimum absolute atomic E-state index is 0.201. The number of allylic oxidation sites excluding steroid dienone is 2. The van der Waals surface area contributed by atoms with Gasteiger partial charge >= 0.3 is 12.1 Å². The Morgan fingerprint density at radius 2 is 2.03 bits per heavy atom. The van der Waals surface area contributed by atoms with Gasteiger partial charge in [0.25, 0.3) is 0 Å². The zero-order valence-electron chi connectivity index (χ0n) is 16.0. The highest BCUT2D eigenvalue weighted by Crippen LogP contribution is 2.29. The first-order valence-electron chi connectivity index (χ1n) is 8.69. The topological polar surface area (TPSA) is 104 Å². The number of carbonyl (C=O) groups excluding carboxylic acids is 1. The number of halogens is 3. The van der Waals surface area contributed by atoms with E-state index in [0.717, 1.165) is 12.2 Å². The molecule has 1 aromatic rings. The van der Waals surface area contributed by atoms with E-state index in [2.05, 4.69) is 15.7 Å². The van der Waals surface area contributed by atoms with Gasteiger partial charge in [0.05, 0.1) is 6.04 Å². The van der Waals surface area contributed by atoms with E-state index < -0.39 is 24.8 Å². The monoisotopic (exact) mass is 414 g/mol. The Balaban J connectivity index is 2.33. The Morgan fingerprint density at radius 3 is 2.62 bits per heavy atom. The van der Waals surface area contributed by atoms with Crippen LogP contribution in [-0.4, -0.2) is 39.8 Å². The molecule has 1 aliphatic heterocycles. The number of pyridine rings is 1. The van der Waals surface area contributed by atoms with Crippen LogP contribution in [0.2, 0.25) is 0 Å². The smallest absolute Gasteiger partial charge is 0.422 e. The number of nitrogens with zero attached hydrogens (tertiary/aromatic N) is 2. The molecule has 1 amide bonds. The number of nitrogens with one attached hydrogen (secondary N) is 2. The first-order valence-corrected chi connectivity index (χ1v) is 8.69. The average Bonchev–Trinajstić information content (AvgIpc) is 2.64. The molecule has 0 saturated carbocycles. The van der Waals surface area contributed by atoms with Crippen LogP contribution in [0.4, 0.5) is 19.0 Å². The predicted molar refractivity (Wildman–Crippen MR) is 97.1 cm³/mol. The summed E-state index contributed by atoms with van der Waals surface area (Å²) in [5, 5.41) is 13.0. The molecule has 158 valence electrons. The van der Waals surface area contributed by atoms with Gasteiger partial charge in [-0.2, -0.15) is 13.2 Å². The van der Waals surface area contributed by atoms with Gasteiger partial charge in [0.1, 0.15) is 11.5 Å². The molecular formula is C18H21F3N4O4. The fourth-order valence-corrected chi connectivity index (χ4v) is 2.52. The van der Waals surface area contributed by atoms with Crippen molar-refractivity contribution in [2.75, 3.05) is 11.9 Å². The second kappa shape index (κ2) is 8.84. The van der Waals surface area contributed by atoms with Crippen molar-refractivity contribution in [1.29, 1.82) is 0 Å². The van der Waals surface area contributed by atoms with Crippen LogP contribution in [0.3, 0.4) is 0 Å². The lowest BCUT2D eigenvalue weighted by Gasteiger charge is -2.35. The SMILES string of the molecule is CCC(=O)Nc1cc(C(C)N2NC(C(=O)O)=CC=C2OCC(F)(F)F)cc(C)n1. The van der Waals surface area contributed by atoms with Crippen molar-refractivity contribution in [3.63, 3.8) is 0 Å². The van der Waals surface area contributed by atoms with Crippen molar-refractivity contribution in [2.24, 2.45) is 0 Å². The molecule has 1 aliphatic rings. The van der Waals surface area contributed by atoms with Crippen LogP contribution in [0.25, 0.3) is 0 Å². The van der Waals surface area contributed by atoms with Crippen LogP contribution in [0.15, 0.2) is 35.9 Å². The molecule has 11 heteroatoms. The lowest BCUT2D eigenvalue weighted by Crippen LogP contribution is -2.43. The Labute approximate surface area is 165 Å². The first-order chi connectivity index (χ1) is 13.5. The quantitative estimate of drug-likeness (QED) is 0.630. The maximum absolute atomic E-state index is 12.6. The molecule has 8 nitrogen and oxygen atoms in total. The molecule has 0 fully saturated rings.